The summed E-state index contributed by atoms with van der Waals surface area (Å²) in [4.78, 5) is 11.2. The van der Waals surface area contributed by atoms with Crippen LogP contribution in [0.1, 0.15) is 27.8 Å². The maximum Gasteiger partial charge on any atom is 0.330 e. The molecule has 2 aromatic carbocycles. The summed E-state index contributed by atoms with van der Waals surface area (Å²) in [5.74, 6) is -0.312. The van der Waals surface area contributed by atoms with E-state index in [1.165, 1.54) is 48.3 Å². The van der Waals surface area contributed by atoms with Crippen molar-refractivity contribution in [1.82, 2.24) is 0 Å². The van der Waals surface area contributed by atoms with Crippen molar-refractivity contribution in [3.8, 4) is 0 Å². The Kier molecular flexibility index (Phi) is 3.33. The van der Waals surface area contributed by atoms with Crippen molar-refractivity contribution in [1.29, 1.82) is 0 Å². The van der Waals surface area contributed by atoms with Gasteiger partial charge in [0.25, 0.3) is 0 Å². The highest BCUT2D eigenvalue weighted by molar-refractivity contribution is 5.87. The molecule has 2 aromatic rings. The van der Waals surface area contributed by atoms with Gasteiger partial charge in [-0.15, -0.1) is 0 Å². The number of hydrogen-bond acceptors (Lipinski definition) is 2. The van der Waals surface area contributed by atoms with Gasteiger partial charge in [0.1, 0.15) is 0 Å². The summed E-state index contributed by atoms with van der Waals surface area (Å²) < 4.78 is 4.65. The molecule has 2 aliphatic rings. The van der Waals surface area contributed by atoms with Gasteiger partial charge in [0.15, 0.2) is 0 Å². The van der Waals surface area contributed by atoms with Crippen LogP contribution in [-0.2, 0) is 35.2 Å². The molecule has 0 saturated heterocycles. The first-order valence-corrected chi connectivity index (χ1v) is 8.12. The lowest BCUT2D eigenvalue weighted by Gasteiger charge is -2.21. The second kappa shape index (κ2) is 5.38. The maximum absolute atomic E-state index is 11.2. The number of esters is 1. The number of hydrogen-bond donors (Lipinski definition) is 0. The Morgan fingerprint density at radius 2 is 1.57 bits per heavy atom. The number of fused-ring (bicyclic) bond motifs is 2. The fraction of sp³-hybridized carbons (Fsp3) is 0.286. The first-order chi connectivity index (χ1) is 11.2. The minimum Gasteiger partial charge on any atom is -0.466 e. The van der Waals surface area contributed by atoms with Crippen LogP contribution in [0.15, 0.2) is 48.5 Å². The molecule has 23 heavy (non-hydrogen) atoms. The fourth-order valence-corrected chi connectivity index (χ4v) is 4.21. The van der Waals surface area contributed by atoms with E-state index in [9.17, 15) is 4.79 Å². The molecule has 0 unspecified atom stereocenters. The van der Waals surface area contributed by atoms with E-state index in [1.54, 1.807) is 0 Å². The summed E-state index contributed by atoms with van der Waals surface area (Å²) in [5, 5.41) is 0. The zero-order chi connectivity index (χ0) is 15.9. The molecule has 2 heteroatoms. The van der Waals surface area contributed by atoms with Crippen molar-refractivity contribution >= 4 is 12.0 Å². The van der Waals surface area contributed by atoms with Crippen LogP contribution in [0.4, 0.5) is 0 Å². The first kappa shape index (κ1) is 14.3. The molecule has 0 N–H and O–H groups in total. The van der Waals surface area contributed by atoms with Crippen molar-refractivity contribution in [2.24, 2.45) is 5.41 Å². The monoisotopic (exact) mass is 304 g/mol. The zero-order valence-electron chi connectivity index (χ0n) is 13.3. The molecule has 116 valence electrons. The molecular weight excluding hydrogens is 284 g/mol. The summed E-state index contributed by atoms with van der Waals surface area (Å²) in [7, 11) is 1.40. The lowest BCUT2D eigenvalue weighted by molar-refractivity contribution is -0.134. The second-order valence-corrected chi connectivity index (χ2v) is 6.86. The molecule has 0 atom stereocenters. The zero-order valence-corrected chi connectivity index (χ0v) is 13.3. The quantitative estimate of drug-likeness (QED) is 0.624. The summed E-state index contributed by atoms with van der Waals surface area (Å²) >= 11 is 0. The molecule has 0 fully saturated rings. The van der Waals surface area contributed by atoms with Crippen LogP contribution < -0.4 is 0 Å². The first-order valence-electron chi connectivity index (χ1n) is 8.12. The van der Waals surface area contributed by atoms with E-state index in [0.717, 1.165) is 18.4 Å². The van der Waals surface area contributed by atoms with E-state index < -0.39 is 0 Å². The van der Waals surface area contributed by atoms with Gasteiger partial charge in [-0.1, -0.05) is 42.5 Å². The number of ether oxygens (including phenoxy) is 1. The molecule has 0 aromatic heterocycles. The average molecular weight is 304 g/mol. The SMILES string of the molecule is COC(=O)/C=C\c1ccc2c(c1)CC1(Cc3ccccc3C1)C2. The van der Waals surface area contributed by atoms with Crippen molar-refractivity contribution < 1.29 is 9.53 Å². The Morgan fingerprint density at radius 1 is 0.957 bits per heavy atom. The van der Waals surface area contributed by atoms with E-state index in [0.29, 0.717) is 5.41 Å². The van der Waals surface area contributed by atoms with Crippen LogP contribution in [0.2, 0.25) is 0 Å². The van der Waals surface area contributed by atoms with E-state index in [2.05, 4.69) is 47.2 Å². The van der Waals surface area contributed by atoms with Gasteiger partial charge in [0.05, 0.1) is 7.11 Å². The van der Waals surface area contributed by atoms with Crippen LogP contribution in [-0.4, -0.2) is 13.1 Å². The highest BCUT2D eigenvalue weighted by atomic mass is 16.5. The molecular formula is C21H20O2. The molecule has 2 aliphatic carbocycles. The third kappa shape index (κ3) is 2.59. The predicted molar refractivity (Wildman–Crippen MR) is 91.2 cm³/mol. The Balaban J connectivity index is 1.57. The number of benzene rings is 2. The van der Waals surface area contributed by atoms with Crippen LogP contribution >= 0.6 is 0 Å². The van der Waals surface area contributed by atoms with Crippen LogP contribution in [0, 0.1) is 5.41 Å². The third-order valence-corrected chi connectivity index (χ3v) is 5.22. The summed E-state index contributed by atoms with van der Waals surface area (Å²) in [6, 6.07) is 15.4. The average Bonchev–Trinajstić information content (AvgIpc) is 3.10. The summed E-state index contributed by atoms with van der Waals surface area (Å²) in [6.45, 7) is 0. The fourth-order valence-electron chi connectivity index (χ4n) is 4.21. The van der Waals surface area contributed by atoms with E-state index >= 15 is 0 Å². The standard InChI is InChI=1S/C21H20O2/c1-23-20(22)9-7-15-6-8-18-13-21(14-19(18)10-15)11-16-4-2-3-5-17(16)12-21/h2-10H,11-14H2,1H3/b9-7-. The van der Waals surface area contributed by atoms with Gasteiger partial charge in [-0.3, -0.25) is 0 Å². The van der Waals surface area contributed by atoms with E-state index in [-0.39, 0.29) is 5.97 Å². The number of rotatable bonds is 2. The second-order valence-electron chi connectivity index (χ2n) is 6.86. The largest absolute Gasteiger partial charge is 0.466 e. The van der Waals surface area contributed by atoms with Crippen LogP contribution in [0.25, 0.3) is 6.08 Å². The lowest BCUT2D eigenvalue weighted by atomic mass is 9.82. The van der Waals surface area contributed by atoms with Crippen molar-refractivity contribution in [2.45, 2.75) is 25.7 Å². The van der Waals surface area contributed by atoms with Crippen LogP contribution in [0.3, 0.4) is 0 Å². The molecule has 2 nitrogen and oxygen atoms in total. The Bertz CT molecular complexity index is 776. The van der Waals surface area contributed by atoms with Crippen LogP contribution in [0.5, 0.6) is 0 Å². The number of carbonyl (C=O) groups is 1. The smallest absolute Gasteiger partial charge is 0.330 e. The van der Waals surface area contributed by atoms with Gasteiger partial charge in [0.2, 0.25) is 0 Å². The van der Waals surface area contributed by atoms with Gasteiger partial charge in [-0.05, 0) is 65.0 Å². The minimum atomic E-state index is -0.312. The normalized spacial score (nSPS) is 17.4. The Morgan fingerprint density at radius 3 is 2.22 bits per heavy atom. The minimum absolute atomic E-state index is 0.312. The van der Waals surface area contributed by atoms with Crippen molar-refractivity contribution in [2.75, 3.05) is 7.11 Å². The van der Waals surface area contributed by atoms with Crippen molar-refractivity contribution in [3.63, 3.8) is 0 Å². The molecule has 4 rings (SSSR count). The van der Waals surface area contributed by atoms with E-state index in [4.69, 9.17) is 0 Å². The molecule has 0 heterocycles. The molecule has 1 spiro atoms. The Labute approximate surface area is 136 Å². The highest BCUT2D eigenvalue weighted by Gasteiger charge is 2.41. The topological polar surface area (TPSA) is 26.3 Å². The number of carbonyl (C=O) groups excluding carboxylic acids is 1. The molecule has 0 saturated carbocycles. The highest BCUT2D eigenvalue weighted by Crippen LogP contribution is 2.47. The summed E-state index contributed by atoms with van der Waals surface area (Å²) in [6.07, 6.45) is 7.99. The Hall–Kier alpha value is -2.35. The molecule has 0 aliphatic heterocycles. The predicted octanol–water partition coefficient (Wildman–Crippen LogP) is 3.76. The van der Waals surface area contributed by atoms with Crippen molar-refractivity contribution in [3.05, 3.63) is 76.4 Å². The van der Waals surface area contributed by atoms with Gasteiger partial charge in [0, 0.05) is 6.08 Å². The molecule has 0 radical (unpaired) electrons. The maximum atomic E-state index is 11.2. The number of methoxy groups -OCH3 is 1. The molecule has 0 amide bonds. The van der Waals surface area contributed by atoms with Gasteiger partial charge in [-0.25, -0.2) is 4.79 Å². The lowest BCUT2D eigenvalue weighted by Crippen LogP contribution is -2.21. The van der Waals surface area contributed by atoms with Gasteiger partial charge < -0.3 is 4.74 Å². The third-order valence-electron chi connectivity index (χ3n) is 5.22. The van der Waals surface area contributed by atoms with Gasteiger partial charge in [-0.2, -0.15) is 0 Å². The summed E-state index contributed by atoms with van der Waals surface area (Å²) in [5.41, 5.74) is 7.38. The van der Waals surface area contributed by atoms with Gasteiger partial charge >= 0.3 is 5.97 Å². The van der Waals surface area contributed by atoms with E-state index in [1.807, 2.05) is 6.08 Å². The molecule has 0 bridgehead atoms.